The van der Waals surface area contributed by atoms with Crippen LogP contribution in [0.4, 0.5) is 0 Å². The molecule has 53 heavy (non-hydrogen) atoms. The Morgan fingerprint density at radius 3 is 0.981 bits per heavy atom. The highest BCUT2D eigenvalue weighted by atomic mass is 16.5. The minimum atomic E-state index is -0.840. The number of ether oxygens (including phenoxy) is 2. The predicted octanol–water partition coefficient (Wildman–Crippen LogP) is 10.6. The van der Waals surface area contributed by atoms with Crippen molar-refractivity contribution >= 4 is 11.8 Å². The first-order chi connectivity index (χ1) is 25.9. The number of rotatable bonds is 10. The average Bonchev–Trinajstić information content (AvgIpc) is 3.71. The summed E-state index contributed by atoms with van der Waals surface area (Å²) in [5.74, 6) is 1.28. The number of nitrogens with zero attached hydrogens (tertiary/aromatic N) is 2. The van der Waals surface area contributed by atoms with Crippen LogP contribution in [0, 0.1) is 27.7 Å². The molecule has 2 aliphatic heterocycles. The Balaban J connectivity index is 1.26. The van der Waals surface area contributed by atoms with E-state index in [0.29, 0.717) is 31.1 Å². The van der Waals surface area contributed by atoms with Crippen molar-refractivity contribution in [1.82, 2.24) is 0 Å². The molecule has 0 spiro atoms. The number of aryl methyl sites for hydroxylation is 4. The van der Waals surface area contributed by atoms with E-state index in [4.69, 9.17) is 19.5 Å². The summed E-state index contributed by atoms with van der Waals surface area (Å²) in [6, 6.07) is 55.2. The molecule has 6 aromatic carbocycles. The van der Waals surface area contributed by atoms with E-state index in [-0.39, 0.29) is 12.1 Å². The smallest absolute Gasteiger partial charge is 0.194 e. The third kappa shape index (κ3) is 6.27. The van der Waals surface area contributed by atoms with Crippen LogP contribution in [0.5, 0.6) is 0 Å². The lowest BCUT2D eigenvalue weighted by atomic mass is 9.75. The Morgan fingerprint density at radius 1 is 0.396 bits per heavy atom. The summed E-state index contributed by atoms with van der Waals surface area (Å²) in [5.41, 5.74) is 9.92. The summed E-state index contributed by atoms with van der Waals surface area (Å²) >= 11 is 0. The number of aliphatic imine (C=N–C) groups is 2. The van der Waals surface area contributed by atoms with Crippen molar-refractivity contribution in [3.8, 4) is 0 Å². The highest BCUT2D eigenvalue weighted by molar-refractivity contribution is 5.99. The summed E-state index contributed by atoms with van der Waals surface area (Å²) in [4.78, 5) is 11.0. The fourth-order valence-electron chi connectivity index (χ4n) is 8.62. The van der Waals surface area contributed by atoms with Crippen LogP contribution in [0.25, 0.3) is 0 Å². The second kappa shape index (κ2) is 14.4. The van der Waals surface area contributed by atoms with Crippen molar-refractivity contribution < 1.29 is 9.47 Å². The van der Waals surface area contributed by atoms with Gasteiger partial charge in [-0.15, -0.1) is 0 Å². The Hall–Kier alpha value is -5.74. The van der Waals surface area contributed by atoms with Crippen molar-refractivity contribution in [3.63, 3.8) is 0 Å². The molecule has 0 amide bonds. The Morgan fingerprint density at radius 2 is 0.679 bits per heavy atom. The molecule has 6 aromatic rings. The van der Waals surface area contributed by atoms with Gasteiger partial charge < -0.3 is 9.47 Å². The second-order valence-electron chi connectivity index (χ2n) is 14.6. The minimum absolute atomic E-state index is 0.221. The van der Waals surface area contributed by atoms with Crippen LogP contribution >= 0.6 is 0 Å². The van der Waals surface area contributed by atoms with E-state index in [1.165, 1.54) is 33.4 Å². The van der Waals surface area contributed by atoms with Gasteiger partial charge in [0.15, 0.2) is 23.0 Å². The SMILES string of the molecule is Cc1ccccc1C1(c2ccccc2C)OC(CC2=N[C@H](Cc3ccccc3)C(c3ccccc3C)(c3ccccc3C)O2)=N[C@@H]1Cc1ccccc1. The molecule has 2 atom stereocenters. The van der Waals surface area contributed by atoms with Crippen molar-refractivity contribution in [1.29, 1.82) is 0 Å². The first kappa shape index (κ1) is 34.4. The summed E-state index contributed by atoms with van der Waals surface area (Å²) in [7, 11) is 0. The molecule has 0 radical (unpaired) electrons. The van der Waals surface area contributed by atoms with E-state index in [0.717, 1.165) is 22.3 Å². The Kier molecular flexibility index (Phi) is 9.30. The Labute approximate surface area is 313 Å². The van der Waals surface area contributed by atoms with E-state index in [9.17, 15) is 0 Å². The van der Waals surface area contributed by atoms with Gasteiger partial charge in [0.05, 0.1) is 6.42 Å². The largest absolute Gasteiger partial charge is 0.462 e. The molecule has 0 N–H and O–H groups in total. The summed E-state index contributed by atoms with van der Waals surface area (Å²) in [6.07, 6.45) is 1.77. The predicted molar refractivity (Wildman–Crippen MR) is 216 cm³/mol. The molecule has 2 heterocycles. The number of hydrogen-bond acceptors (Lipinski definition) is 4. The van der Waals surface area contributed by atoms with Gasteiger partial charge in [-0.3, -0.25) is 0 Å². The van der Waals surface area contributed by atoms with Gasteiger partial charge in [-0.2, -0.15) is 0 Å². The van der Waals surface area contributed by atoms with Crippen LogP contribution in [0.3, 0.4) is 0 Å². The van der Waals surface area contributed by atoms with Crippen LogP contribution in [0.15, 0.2) is 168 Å². The molecule has 0 aromatic heterocycles. The third-order valence-corrected chi connectivity index (χ3v) is 11.1. The van der Waals surface area contributed by atoms with E-state index < -0.39 is 11.2 Å². The fourth-order valence-corrected chi connectivity index (χ4v) is 8.62. The van der Waals surface area contributed by atoms with Gasteiger partial charge >= 0.3 is 0 Å². The van der Waals surface area contributed by atoms with E-state index >= 15 is 0 Å². The number of benzene rings is 6. The molecule has 0 fully saturated rings. The maximum absolute atomic E-state index is 7.40. The monoisotopic (exact) mass is 694 g/mol. The van der Waals surface area contributed by atoms with Gasteiger partial charge in [-0.05, 0) is 73.9 Å². The average molecular weight is 695 g/mol. The molecule has 0 unspecified atom stereocenters. The molecular formula is C49H46N2O2. The van der Waals surface area contributed by atoms with Gasteiger partial charge in [0.2, 0.25) is 0 Å². The molecule has 264 valence electrons. The molecule has 8 rings (SSSR count). The van der Waals surface area contributed by atoms with Gasteiger partial charge in [-0.25, -0.2) is 9.98 Å². The van der Waals surface area contributed by atoms with Crippen LogP contribution in [0.2, 0.25) is 0 Å². The number of hydrogen-bond donors (Lipinski definition) is 0. The fraction of sp³-hybridized carbons (Fsp3) is 0.224. The minimum Gasteiger partial charge on any atom is -0.462 e. The van der Waals surface area contributed by atoms with Crippen molar-refractivity contribution in [2.75, 3.05) is 0 Å². The zero-order valence-corrected chi connectivity index (χ0v) is 31.0. The highest BCUT2D eigenvalue weighted by Crippen LogP contribution is 2.49. The maximum Gasteiger partial charge on any atom is 0.194 e. The zero-order chi connectivity index (χ0) is 36.4. The molecular weight excluding hydrogens is 649 g/mol. The van der Waals surface area contributed by atoms with E-state index in [1.807, 2.05) is 0 Å². The van der Waals surface area contributed by atoms with Crippen molar-refractivity contribution in [3.05, 3.63) is 213 Å². The van der Waals surface area contributed by atoms with Gasteiger partial charge in [0.1, 0.15) is 12.1 Å². The maximum atomic E-state index is 7.40. The first-order valence-corrected chi connectivity index (χ1v) is 18.7. The van der Waals surface area contributed by atoms with E-state index in [1.54, 1.807) is 0 Å². The normalized spacial score (nSPS) is 18.5. The van der Waals surface area contributed by atoms with Gasteiger partial charge in [0.25, 0.3) is 0 Å². The zero-order valence-electron chi connectivity index (χ0n) is 31.0. The van der Waals surface area contributed by atoms with Crippen LogP contribution in [0.1, 0.15) is 62.1 Å². The van der Waals surface area contributed by atoms with Crippen LogP contribution < -0.4 is 0 Å². The first-order valence-electron chi connectivity index (χ1n) is 18.7. The molecule has 4 heteroatoms. The molecule has 0 saturated carbocycles. The Bertz CT molecular complexity index is 2040. The topological polar surface area (TPSA) is 43.2 Å². The highest BCUT2D eigenvalue weighted by Gasteiger charge is 2.54. The van der Waals surface area contributed by atoms with Gasteiger partial charge in [0, 0.05) is 22.3 Å². The molecule has 0 aliphatic carbocycles. The lowest BCUT2D eigenvalue weighted by Gasteiger charge is -2.37. The molecule has 0 saturated heterocycles. The lowest BCUT2D eigenvalue weighted by molar-refractivity contribution is 0.0859. The van der Waals surface area contributed by atoms with Crippen molar-refractivity contribution in [2.24, 2.45) is 9.98 Å². The van der Waals surface area contributed by atoms with Crippen LogP contribution in [-0.2, 0) is 33.5 Å². The van der Waals surface area contributed by atoms with E-state index in [2.05, 4.69) is 185 Å². The summed E-state index contributed by atoms with van der Waals surface area (Å²) in [6.45, 7) is 8.70. The quantitative estimate of drug-likeness (QED) is 0.143. The standard InChI is InChI=1S/C49H46N2O2/c1-34-19-11-15-27-40(34)48(41-28-16-12-20-35(41)2)44(31-38-23-7-5-8-24-38)50-46(52-48)33-47-51-45(32-39-25-9-6-10-26-39)49(53-47,42-29-17-13-21-36(42)3)43-30-18-14-22-37(43)4/h5-30,44-45H,31-33H2,1-4H3/t44-,45-/m1/s1. The lowest BCUT2D eigenvalue weighted by Crippen LogP contribution is -2.42. The van der Waals surface area contributed by atoms with Crippen LogP contribution in [-0.4, -0.2) is 23.9 Å². The summed E-state index contributed by atoms with van der Waals surface area (Å²) < 4.78 is 14.8. The summed E-state index contributed by atoms with van der Waals surface area (Å²) in [5, 5.41) is 0. The molecule has 0 bridgehead atoms. The molecule has 4 nitrogen and oxygen atoms in total. The second-order valence-corrected chi connectivity index (χ2v) is 14.6. The molecule has 2 aliphatic rings. The van der Waals surface area contributed by atoms with Gasteiger partial charge in [-0.1, -0.05) is 158 Å². The third-order valence-electron chi connectivity index (χ3n) is 11.1. The van der Waals surface area contributed by atoms with Crippen molar-refractivity contribution in [2.45, 2.75) is 70.2 Å².